The van der Waals surface area contributed by atoms with Gasteiger partial charge in [-0.05, 0) is 30.7 Å². The fourth-order valence-corrected chi connectivity index (χ4v) is 3.23. The number of nitrogens with zero attached hydrogens (tertiary/aromatic N) is 1. The number of carbonyl (C=O) groups excluding carboxylic acids is 1. The van der Waals surface area contributed by atoms with Gasteiger partial charge in [-0.3, -0.25) is 0 Å². The number of methoxy groups -OCH3 is 1. The summed E-state index contributed by atoms with van der Waals surface area (Å²) in [6, 6.07) is 15.6. The second kappa shape index (κ2) is 6.52. The third-order valence-corrected chi connectivity index (χ3v) is 4.40. The lowest BCUT2D eigenvalue weighted by Crippen LogP contribution is -2.07. The molecule has 0 radical (unpaired) electrons. The summed E-state index contributed by atoms with van der Waals surface area (Å²) in [5, 5.41) is 1.93. The number of esters is 1. The fraction of sp³-hybridized carbons (Fsp3) is 0.143. The Kier molecular flexibility index (Phi) is 4.05. The van der Waals surface area contributed by atoms with Crippen molar-refractivity contribution in [2.45, 2.75) is 6.92 Å². The van der Waals surface area contributed by atoms with Crippen LogP contribution in [0.5, 0.6) is 5.75 Å². The van der Waals surface area contributed by atoms with Crippen LogP contribution >= 0.6 is 0 Å². The monoisotopic (exact) mass is 346 g/mol. The van der Waals surface area contributed by atoms with Gasteiger partial charge in [-0.2, -0.15) is 0 Å². The predicted molar refractivity (Wildman–Crippen MR) is 102 cm³/mol. The van der Waals surface area contributed by atoms with Crippen molar-refractivity contribution in [1.82, 2.24) is 9.97 Å². The zero-order valence-corrected chi connectivity index (χ0v) is 14.6. The number of pyridine rings is 1. The molecule has 0 aliphatic heterocycles. The van der Waals surface area contributed by atoms with Gasteiger partial charge in [0, 0.05) is 28.0 Å². The SMILES string of the molecule is CCOC(=O)c1cnc2[nH]c3ccccc3c2c1-c1ccc(OC)cc1. The fourth-order valence-electron chi connectivity index (χ4n) is 3.23. The number of carbonyl (C=O) groups is 1. The molecule has 0 fully saturated rings. The van der Waals surface area contributed by atoms with E-state index >= 15 is 0 Å². The Labute approximate surface area is 150 Å². The van der Waals surface area contributed by atoms with Gasteiger partial charge in [0.05, 0.1) is 19.3 Å². The lowest BCUT2D eigenvalue weighted by molar-refractivity contribution is 0.0527. The van der Waals surface area contributed by atoms with Gasteiger partial charge >= 0.3 is 5.97 Å². The van der Waals surface area contributed by atoms with Crippen molar-refractivity contribution < 1.29 is 14.3 Å². The number of rotatable bonds is 4. The maximum absolute atomic E-state index is 12.6. The number of aromatic nitrogens is 2. The van der Waals surface area contributed by atoms with E-state index in [4.69, 9.17) is 9.47 Å². The van der Waals surface area contributed by atoms with Crippen molar-refractivity contribution in [3.63, 3.8) is 0 Å². The Morgan fingerprint density at radius 2 is 1.88 bits per heavy atom. The van der Waals surface area contributed by atoms with E-state index in [2.05, 4.69) is 9.97 Å². The molecule has 4 rings (SSSR count). The van der Waals surface area contributed by atoms with E-state index < -0.39 is 0 Å². The zero-order chi connectivity index (χ0) is 18.1. The molecule has 5 nitrogen and oxygen atoms in total. The van der Waals surface area contributed by atoms with E-state index in [1.807, 2.05) is 48.5 Å². The standard InChI is InChI=1S/C21H18N2O3/c1-3-26-21(24)16-12-22-20-19(15-6-4-5-7-17(15)23-20)18(16)13-8-10-14(25-2)11-9-13/h4-12H,3H2,1-2H3,(H,22,23). The molecule has 2 heterocycles. The molecule has 130 valence electrons. The summed E-state index contributed by atoms with van der Waals surface area (Å²) in [7, 11) is 1.63. The number of hydrogen-bond acceptors (Lipinski definition) is 4. The maximum Gasteiger partial charge on any atom is 0.340 e. The van der Waals surface area contributed by atoms with Gasteiger partial charge in [0.25, 0.3) is 0 Å². The van der Waals surface area contributed by atoms with E-state index in [9.17, 15) is 4.79 Å². The van der Waals surface area contributed by atoms with Gasteiger partial charge in [-0.15, -0.1) is 0 Å². The van der Waals surface area contributed by atoms with Crippen molar-refractivity contribution in [3.05, 3.63) is 60.3 Å². The molecule has 0 bridgehead atoms. The third-order valence-electron chi connectivity index (χ3n) is 4.40. The number of ether oxygens (including phenoxy) is 2. The van der Waals surface area contributed by atoms with Crippen LogP contribution in [0.15, 0.2) is 54.7 Å². The van der Waals surface area contributed by atoms with Crippen LogP contribution in [0.3, 0.4) is 0 Å². The zero-order valence-electron chi connectivity index (χ0n) is 14.6. The maximum atomic E-state index is 12.6. The number of benzene rings is 2. The number of hydrogen-bond donors (Lipinski definition) is 1. The molecule has 0 amide bonds. The molecule has 0 aliphatic rings. The van der Waals surface area contributed by atoms with Crippen molar-refractivity contribution in [3.8, 4) is 16.9 Å². The average Bonchev–Trinajstić information content (AvgIpc) is 3.06. The largest absolute Gasteiger partial charge is 0.497 e. The molecule has 26 heavy (non-hydrogen) atoms. The highest BCUT2D eigenvalue weighted by molar-refractivity contribution is 6.17. The van der Waals surface area contributed by atoms with Gasteiger partial charge in [0.1, 0.15) is 11.4 Å². The van der Waals surface area contributed by atoms with E-state index in [-0.39, 0.29) is 5.97 Å². The number of H-pyrrole nitrogens is 1. The normalized spacial score (nSPS) is 11.0. The van der Waals surface area contributed by atoms with Crippen LogP contribution in [-0.2, 0) is 4.74 Å². The van der Waals surface area contributed by atoms with Crippen molar-refractivity contribution in [2.24, 2.45) is 0 Å². The molecule has 2 aromatic heterocycles. The molecule has 0 atom stereocenters. The summed E-state index contributed by atoms with van der Waals surface area (Å²) in [5.41, 5.74) is 3.89. The van der Waals surface area contributed by atoms with Crippen LogP contribution in [0, 0.1) is 0 Å². The highest BCUT2D eigenvalue weighted by Crippen LogP contribution is 2.37. The highest BCUT2D eigenvalue weighted by atomic mass is 16.5. The Balaban J connectivity index is 2.07. The number of aromatic amines is 1. The van der Waals surface area contributed by atoms with Gasteiger partial charge in [0.2, 0.25) is 0 Å². The number of nitrogens with one attached hydrogen (secondary N) is 1. The van der Waals surface area contributed by atoms with Crippen LogP contribution in [0.2, 0.25) is 0 Å². The molecule has 5 heteroatoms. The van der Waals surface area contributed by atoms with Crippen molar-refractivity contribution in [1.29, 1.82) is 0 Å². The van der Waals surface area contributed by atoms with Gasteiger partial charge < -0.3 is 14.5 Å². The van der Waals surface area contributed by atoms with Crippen LogP contribution in [0.25, 0.3) is 33.1 Å². The Morgan fingerprint density at radius 3 is 2.62 bits per heavy atom. The first-order valence-corrected chi connectivity index (χ1v) is 8.44. The molecule has 2 aromatic carbocycles. The minimum atomic E-state index is -0.377. The van der Waals surface area contributed by atoms with Crippen LogP contribution in [-0.4, -0.2) is 29.7 Å². The minimum absolute atomic E-state index is 0.312. The second-order valence-corrected chi connectivity index (χ2v) is 5.89. The second-order valence-electron chi connectivity index (χ2n) is 5.89. The smallest absolute Gasteiger partial charge is 0.340 e. The number of para-hydroxylation sites is 1. The van der Waals surface area contributed by atoms with Gasteiger partial charge in [-0.25, -0.2) is 9.78 Å². The first-order valence-electron chi connectivity index (χ1n) is 8.44. The quantitative estimate of drug-likeness (QED) is 0.550. The summed E-state index contributed by atoms with van der Waals surface area (Å²) < 4.78 is 10.5. The van der Waals surface area contributed by atoms with E-state index in [1.54, 1.807) is 20.2 Å². The summed E-state index contributed by atoms with van der Waals surface area (Å²) in [6.45, 7) is 2.11. The summed E-state index contributed by atoms with van der Waals surface area (Å²) in [6.07, 6.45) is 1.58. The van der Waals surface area contributed by atoms with Crippen LogP contribution in [0.1, 0.15) is 17.3 Å². The lowest BCUT2D eigenvalue weighted by atomic mass is 9.96. The Bertz CT molecular complexity index is 1100. The first kappa shape index (κ1) is 16.1. The van der Waals surface area contributed by atoms with Crippen molar-refractivity contribution in [2.75, 3.05) is 13.7 Å². The molecule has 1 N–H and O–H groups in total. The number of fused-ring (bicyclic) bond motifs is 3. The lowest BCUT2D eigenvalue weighted by Gasteiger charge is -2.11. The van der Waals surface area contributed by atoms with Crippen LogP contribution in [0.4, 0.5) is 0 Å². The van der Waals surface area contributed by atoms with E-state index in [1.165, 1.54) is 0 Å². The third kappa shape index (κ3) is 2.58. The summed E-state index contributed by atoms with van der Waals surface area (Å²) in [5.74, 6) is 0.383. The van der Waals surface area contributed by atoms with Gasteiger partial charge in [-0.1, -0.05) is 30.3 Å². The summed E-state index contributed by atoms with van der Waals surface area (Å²) >= 11 is 0. The molecule has 0 spiro atoms. The predicted octanol–water partition coefficient (Wildman–Crippen LogP) is 4.57. The Hall–Kier alpha value is -3.34. The molecule has 4 aromatic rings. The van der Waals surface area contributed by atoms with Crippen LogP contribution < -0.4 is 4.74 Å². The molecular formula is C21H18N2O3. The molecule has 0 saturated carbocycles. The first-order chi connectivity index (χ1) is 12.7. The Morgan fingerprint density at radius 1 is 1.12 bits per heavy atom. The van der Waals surface area contributed by atoms with Gasteiger partial charge in [0.15, 0.2) is 0 Å². The minimum Gasteiger partial charge on any atom is -0.497 e. The molecule has 0 aliphatic carbocycles. The topological polar surface area (TPSA) is 64.2 Å². The molecular weight excluding hydrogens is 328 g/mol. The molecule has 0 saturated heterocycles. The van der Waals surface area contributed by atoms with Crippen molar-refractivity contribution >= 4 is 27.9 Å². The van der Waals surface area contributed by atoms with E-state index in [0.29, 0.717) is 12.2 Å². The average molecular weight is 346 g/mol. The molecule has 0 unspecified atom stereocenters. The summed E-state index contributed by atoms with van der Waals surface area (Å²) in [4.78, 5) is 20.3. The highest BCUT2D eigenvalue weighted by Gasteiger charge is 2.20. The van der Waals surface area contributed by atoms with E-state index in [0.717, 1.165) is 38.8 Å².